The van der Waals surface area contributed by atoms with E-state index in [2.05, 4.69) is 0 Å². The molecule has 1 aliphatic carbocycles. The lowest BCUT2D eigenvalue weighted by Gasteiger charge is -2.33. The third-order valence-electron chi connectivity index (χ3n) is 5.02. The van der Waals surface area contributed by atoms with Crippen molar-refractivity contribution in [1.29, 1.82) is 0 Å². The van der Waals surface area contributed by atoms with Crippen molar-refractivity contribution in [3.63, 3.8) is 0 Å². The molecule has 1 fully saturated rings. The number of carbonyl (C=O) groups excluding carboxylic acids is 1. The van der Waals surface area contributed by atoms with Crippen molar-refractivity contribution in [3.8, 4) is 0 Å². The fourth-order valence-electron chi connectivity index (χ4n) is 3.60. The van der Waals surface area contributed by atoms with Crippen molar-refractivity contribution >= 4 is 21.7 Å². The zero-order valence-electron chi connectivity index (χ0n) is 16.6. The number of carbonyl (C=O) groups is 1. The minimum Gasteiger partial charge on any atom is -0.463 e. The number of hydrogen-bond donors (Lipinski definition) is 3. The number of aliphatic hydroxyl groups is 2. The van der Waals surface area contributed by atoms with Crippen LogP contribution in [0.3, 0.4) is 0 Å². The summed E-state index contributed by atoms with van der Waals surface area (Å²) in [5.41, 5.74) is -0.766. The summed E-state index contributed by atoms with van der Waals surface area (Å²) in [4.78, 5) is 12.5. The van der Waals surface area contributed by atoms with Crippen molar-refractivity contribution in [1.82, 2.24) is 0 Å². The average Bonchev–Trinajstić information content (AvgIpc) is 3.07. The Morgan fingerprint density at radius 2 is 1.90 bits per heavy atom. The van der Waals surface area contributed by atoms with Crippen LogP contribution in [0.4, 0.5) is 14.5 Å². The van der Waals surface area contributed by atoms with Gasteiger partial charge in [0.2, 0.25) is 10.0 Å². The van der Waals surface area contributed by atoms with Gasteiger partial charge >= 0.3 is 5.97 Å². The molecular weight excluding hydrogens is 440 g/mol. The summed E-state index contributed by atoms with van der Waals surface area (Å²) in [6.45, 7) is 0.598. The highest BCUT2D eigenvalue weighted by atomic mass is 32.2. The van der Waals surface area contributed by atoms with E-state index in [0.717, 1.165) is 18.2 Å². The number of halogens is 2. The second-order valence-electron chi connectivity index (χ2n) is 7.11. The number of rotatable bonds is 7. The van der Waals surface area contributed by atoms with E-state index in [1.165, 1.54) is 0 Å². The summed E-state index contributed by atoms with van der Waals surface area (Å²) >= 11 is 0. The predicted molar refractivity (Wildman–Crippen MR) is 103 cm³/mol. The standard InChI is InChI=1S/C19H23F2NO8S/c1-2-28-18(25)12-8-19(29-15(9-23)16(10-24)30-19)6-5-17(12)31(26,27)22-14-4-3-11(20)7-13(14)21/h3-4,7-8,15-17,22-24H,2,5-6,9-10H2,1H3. The number of sulfonamides is 1. The summed E-state index contributed by atoms with van der Waals surface area (Å²) in [6.07, 6.45) is -0.773. The van der Waals surface area contributed by atoms with Gasteiger partial charge in [0.25, 0.3) is 0 Å². The predicted octanol–water partition coefficient (Wildman–Crippen LogP) is 0.823. The van der Waals surface area contributed by atoms with Crippen LogP contribution in [0.5, 0.6) is 0 Å². The van der Waals surface area contributed by atoms with Crippen LogP contribution in [0.15, 0.2) is 29.8 Å². The van der Waals surface area contributed by atoms with E-state index in [1.54, 1.807) is 6.92 Å². The molecule has 31 heavy (non-hydrogen) atoms. The lowest BCUT2D eigenvalue weighted by molar-refractivity contribution is -0.154. The molecule has 1 aromatic rings. The van der Waals surface area contributed by atoms with Crippen LogP contribution in [-0.4, -0.2) is 67.7 Å². The molecule has 1 spiro atoms. The molecule has 3 atom stereocenters. The number of ether oxygens (including phenoxy) is 3. The SMILES string of the molecule is CCOC(=O)C1=CC2(CCC1S(=O)(=O)Nc1ccc(F)cc1F)OC(CO)C(CO)O2. The summed E-state index contributed by atoms with van der Waals surface area (Å²) in [5, 5.41) is 17.4. The zero-order valence-corrected chi connectivity index (χ0v) is 17.4. The van der Waals surface area contributed by atoms with Gasteiger partial charge in [-0.15, -0.1) is 0 Å². The molecule has 3 N–H and O–H groups in total. The first-order valence-electron chi connectivity index (χ1n) is 9.58. The highest BCUT2D eigenvalue weighted by Crippen LogP contribution is 2.41. The third-order valence-corrected chi connectivity index (χ3v) is 6.77. The van der Waals surface area contributed by atoms with Gasteiger partial charge in [0, 0.05) is 12.5 Å². The van der Waals surface area contributed by atoms with Crippen molar-refractivity contribution in [3.05, 3.63) is 41.5 Å². The largest absolute Gasteiger partial charge is 0.463 e. The third kappa shape index (κ3) is 4.88. The monoisotopic (exact) mass is 463 g/mol. The number of nitrogens with one attached hydrogen (secondary N) is 1. The van der Waals surface area contributed by atoms with E-state index >= 15 is 0 Å². The molecule has 2 aliphatic rings. The molecule has 0 aromatic heterocycles. The van der Waals surface area contributed by atoms with Crippen LogP contribution < -0.4 is 4.72 Å². The van der Waals surface area contributed by atoms with Gasteiger partial charge in [0.05, 0.1) is 31.1 Å². The molecule has 9 nitrogen and oxygen atoms in total. The fraction of sp³-hybridized carbons (Fsp3) is 0.526. The minimum absolute atomic E-state index is 0.0274. The Labute approximate surface area is 177 Å². The Balaban J connectivity index is 1.95. The maximum absolute atomic E-state index is 14.0. The zero-order chi connectivity index (χ0) is 22.8. The summed E-state index contributed by atoms with van der Waals surface area (Å²) in [6, 6.07) is 2.35. The number of anilines is 1. The number of hydrogen-bond acceptors (Lipinski definition) is 8. The molecule has 3 unspecified atom stereocenters. The van der Waals surface area contributed by atoms with Gasteiger partial charge in [-0.25, -0.2) is 22.0 Å². The molecule has 1 saturated heterocycles. The topological polar surface area (TPSA) is 131 Å². The van der Waals surface area contributed by atoms with Crippen molar-refractivity contribution in [2.75, 3.05) is 24.5 Å². The van der Waals surface area contributed by atoms with E-state index < -0.39 is 69.8 Å². The second-order valence-corrected chi connectivity index (χ2v) is 8.97. The highest BCUT2D eigenvalue weighted by Gasteiger charge is 2.51. The van der Waals surface area contributed by atoms with Crippen molar-refractivity contribution in [2.45, 2.75) is 43.0 Å². The van der Waals surface area contributed by atoms with Crippen molar-refractivity contribution in [2.24, 2.45) is 0 Å². The molecule has 1 aliphatic heterocycles. The van der Waals surface area contributed by atoms with Gasteiger partial charge in [0.15, 0.2) is 5.79 Å². The Morgan fingerprint density at radius 1 is 1.26 bits per heavy atom. The lowest BCUT2D eigenvalue weighted by atomic mass is 9.94. The van der Waals surface area contributed by atoms with Gasteiger partial charge in [-0.3, -0.25) is 4.72 Å². The molecule has 3 rings (SSSR count). The van der Waals surface area contributed by atoms with Crippen LogP contribution in [0.25, 0.3) is 0 Å². The summed E-state index contributed by atoms with van der Waals surface area (Å²) < 4.78 is 71.4. The smallest absolute Gasteiger partial charge is 0.335 e. The number of esters is 1. The Morgan fingerprint density at radius 3 is 2.45 bits per heavy atom. The van der Waals surface area contributed by atoms with Gasteiger partial charge in [-0.2, -0.15) is 0 Å². The van der Waals surface area contributed by atoms with Crippen molar-refractivity contribution < 1.29 is 46.4 Å². The van der Waals surface area contributed by atoms with E-state index in [9.17, 15) is 32.2 Å². The first-order valence-corrected chi connectivity index (χ1v) is 11.1. The first kappa shape index (κ1) is 23.5. The quantitative estimate of drug-likeness (QED) is 0.507. The van der Waals surface area contributed by atoms with E-state index in [4.69, 9.17) is 14.2 Å². The highest BCUT2D eigenvalue weighted by molar-refractivity contribution is 7.93. The van der Waals surface area contributed by atoms with Crippen LogP contribution in [0.2, 0.25) is 0 Å². The van der Waals surface area contributed by atoms with Crippen LogP contribution >= 0.6 is 0 Å². The Kier molecular flexibility index (Phi) is 6.96. The number of benzene rings is 1. The second kappa shape index (κ2) is 9.17. The summed E-state index contributed by atoms with van der Waals surface area (Å²) in [7, 11) is -4.36. The maximum atomic E-state index is 14.0. The molecule has 12 heteroatoms. The van der Waals surface area contributed by atoms with E-state index in [0.29, 0.717) is 6.07 Å². The molecule has 0 bridgehead atoms. The first-order chi connectivity index (χ1) is 14.6. The fourth-order valence-corrected chi connectivity index (χ4v) is 5.14. The molecule has 1 aromatic carbocycles. The Hall–Kier alpha value is -2.12. The van der Waals surface area contributed by atoms with Crippen LogP contribution in [-0.2, 0) is 29.0 Å². The molecule has 0 radical (unpaired) electrons. The normalized spacial score (nSPS) is 28.4. The summed E-state index contributed by atoms with van der Waals surface area (Å²) in [5.74, 6) is -4.46. The molecule has 1 heterocycles. The van der Waals surface area contributed by atoms with Gasteiger partial charge in [-0.05, 0) is 31.6 Å². The minimum atomic E-state index is -4.36. The molecule has 172 valence electrons. The molecule has 0 amide bonds. The van der Waals surface area contributed by atoms with Gasteiger partial charge in [0.1, 0.15) is 29.1 Å². The maximum Gasteiger partial charge on any atom is 0.335 e. The van der Waals surface area contributed by atoms with E-state index in [-0.39, 0.29) is 25.0 Å². The Bertz CT molecular complexity index is 956. The molecule has 0 saturated carbocycles. The van der Waals surface area contributed by atoms with Crippen LogP contribution in [0.1, 0.15) is 19.8 Å². The molecular formula is C19H23F2NO8S. The van der Waals surface area contributed by atoms with Gasteiger partial charge < -0.3 is 24.4 Å². The average molecular weight is 463 g/mol. The van der Waals surface area contributed by atoms with Gasteiger partial charge in [-0.1, -0.05) is 0 Å². The lowest BCUT2D eigenvalue weighted by Crippen LogP contribution is -2.42. The van der Waals surface area contributed by atoms with E-state index in [1.807, 2.05) is 4.72 Å². The number of aliphatic hydroxyl groups excluding tert-OH is 2. The van der Waals surface area contributed by atoms with Crippen LogP contribution in [0, 0.1) is 11.6 Å².